The van der Waals surface area contributed by atoms with Crippen LogP contribution < -0.4 is 5.32 Å². The van der Waals surface area contributed by atoms with E-state index in [1.807, 2.05) is 49.4 Å². The van der Waals surface area contributed by atoms with Crippen LogP contribution in [-0.4, -0.2) is 27.9 Å². The minimum absolute atomic E-state index is 0.112. The molecule has 0 aliphatic rings. The van der Waals surface area contributed by atoms with Crippen LogP contribution in [0.2, 0.25) is 0 Å². The van der Waals surface area contributed by atoms with Crippen LogP contribution in [0.3, 0.4) is 0 Å². The van der Waals surface area contributed by atoms with Crippen LogP contribution >= 0.6 is 11.8 Å². The fourth-order valence-electron chi connectivity index (χ4n) is 2.16. The molecule has 0 saturated carbocycles. The first-order chi connectivity index (χ1) is 11.1. The zero-order chi connectivity index (χ0) is 16.7. The van der Waals surface area contributed by atoms with Gasteiger partial charge in [-0.3, -0.25) is 4.79 Å². The minimum atomic E-state index is -0.389. The summed E-state index contributed by atoms with van der Waals surface area (Å²) in [5.41, 5.74) is 2.14. The van der Waals surface area contributed by atoms with Crippen LogP contribution in [0, 0.1) is 0 Å². The van der Waals surface area contributed by atoms with Crippen molar-refractivity contribution < 1.29 is 9.90 Å². The van der Waals surface area contributed by atoms with Crippen LogP contribution in [0.4, 0.5) is 0 Å². The maximum atomic E-state index is 12.3. The molecule has 2 rings (SSSR count). The van der Waals surface area contributed by atoms with E-state index < -0.39 is 0 Å². The van der Waals surface area contributed by atoms with Crippen molar-refractivity contribution in [2.75, 3.05) is 6.61 Å². The number of amides is 1. The lowest BCUT2D eigenvalue weighted by Crippen LogP contribution is -2.36. The smallest absolute Gasteiger partial charge is 0.233 e. The summed E-state index contributed by atoms with van der Waals surface area (Å²) in [5.74, 6) is -0.112. The Labute approximate surface area is 141 Å². The van der Waals surface area contributed by atoms with Gasteiger partial charge in [0.2, 0.25) is 5.91 Å². The molecule has 0 radical (unpaired) electrons. The molecule has 4 nitrogen and oxygen atoms in total. The molecule has 2 aromatic rings. The Morgan fingerprint density at radius 3 is 2.57 bits per heavy atom. The number of aryl methyl sites for hydroxylation is 1. The minimum Gasteiger partial charge on any atom is -0.394 e. The van der Waals surface area contributed by atoms with Crippen molar-refractivity contribution in [3.8, 4) is 0 Å². The van der Waals surface area contributed by atoms with Gasteiger partial charge in [-0.2, -0.15) is 0 Å². The molecule has 2 N–H and O–H groups in total. The fraction of sp³-hybridized carbons (Fsp3) is 0.333. The second-order valence-corrected chi connectivity index (χ2v) is 6.63. The summed E-state index contributed by atoms with van der Waals surface area (Å²) >= 11 is 1.40. The third-order valence-corrected chi connectivity index (χ3v) is 4.64. The molecule has 1 amide bonds. The van der Waals surface area contributed by atoms with Crippen molar-refractivity contribution in [1.29, 1.82) is 0 Å². The van der Waals surface area contributed by atoms with Crippen molar-refractivity contribution in [3.63, 3.8) is 0 Å². The predicted octanol–water partition coefficient (Wildman–Crippen LogP) is 2.97. The number of aromatic nitrogens is 1. The van der Waals surface area contributed by atoms with Gasteiger partial charge in [-0.1, -0.05) is 49.0 Å². The van der Waals surface area contributed by atoms with Gasteiger partial charge in [0.25, 0.3) is 0 Å². The Bertz CT molecular complexity index is 617. The lowest BCUT2D eigenvalue weighted by molar-refractivity contribution is -0.121. The van der Waals surface area contributed by atoms with E-state index in [0.717, 1.165) is 17.0 Å². The van der Waals surface area contributed by atoms with E-state index in [4.69, 9.17) is 0 Å². The van der Waals surface area contributed by atoms with E-state index in [2.05, 4.69) is 17.2 Å². The number of aliphatic hydroxyl groups excluding tert-OH is 1. The highest BCUT2D eigenvalue weighted by Gasteiger charge is 2.19. The zero-order valence-electron chi connectivity index (χ0n) is 13.4. The van der Waals surface area contributed by atoms with Crippen LogP contribution in [0.15, 0.2) is 53.7 Å². The summed E-state index contributed by atoms with van der Waals surface area (Å²) in [6, 6.07) is 13.2. The molecular formula is C18H22N2O2S. The van der Waals surface area contributed by atoms with Crippen molar-refractivity contribution >= 4 is 17.7 Å². The number of rotatable bonds is 7. The summed E-state index contributed by atoms with van der Waals surface area (Å²) in [6.07, 6.45) is 2.67. The van der Waals surface area contributed by atoms with E-state index in [0.29, 0.717) is 0 Å². The van der Waals surface area contributed by atoms with Crippen molar-refractivity contribution in [2.45, 2.75) is 36.6 Å². The molecule has 0 fully saturated rings. The highest BCUT2D eigenvalue weighted by atomic mass is 32.2. The van der Waals surface area contributed by atoms with Gasteiger partial charge in [-0.15, -0.1) is 0 Å². The SMILES string of the molecule is CCc1ccc(C(CO)NC(=O)C(C)Sc2ccccn2)cc1. The lowest BCUT2D eigenvalue weighted by atomic mass is 10.0. The van der Waals surface area contributed by atoms with Gasteiger partial charge in [0, 0.05) is 6.20 Å². The van der Waals surface area contributed by atoms with Crippen molar-refractivity contribution in [1.82, 2.24) is 10.3 Å². The first kappa shape index (κ1) is 17.5. The Balaban J connectivity index is 1.98. The van der Waals surface area contributed by atoms with E-state index in [9.17, 15) is 9.90 Å². The van der Waals surface area contributed by atoms with E-state index >= 15 is 0 Å². The molecule has 0 spiro atoms. The number of carbonyl (C=O) groups is 1. The Morgan fingerprint density at radius 1 is 1.26 bits per heavy atom. The van der Waals surface area contributed by atoms with E-state index in [1.54, 1.807) is 6.20 Å². The number of nitrogens with zero attached hydrogens (tertiary/aromatic N) is 1. The van der Waals surface area contributed by atoms with E-state index in [-0.39, 0.29) is 23.8 Å². The largest absolute Gasteiger partial charge is 0.394 e. The van der Waals surface area contributed by atoms with E-state index in [1.165, 1.54) is 17.3 Å². The summed E-state index contributed by atoms with van der Waals surface area (Å²) in [4.78, 5) is 16.6. The average Bonchev–Trinajstić information content (AvgIpc) is 2.60. The van der Waals surface area contributed by atoms with Gasteiger partial charge >= 0.3 is 0 Å². The second-order valence-electron chi connectivity index (χ2n) is 5.27. The van der Waals surface area contributed by atoms with Gasteiger partial charge in [0.15, 0.2) is 0 Å². The number of hydrogen-bond acceptors (Lipinski definition) is 4. The van der Waals surface area contributed by atoms with Crippen LogP contribution in [0.25, 0.3) is 0 Å². The first-order valence-electron chi connectivity index (χ1n) is 7.71. The number of thioether (sulfide) groups is 1. The molecule has 0 saturated heterocycles. The van der Waals surface area contributed by atoms with Gasteiger partial charge in [0.1, 0.15) is 0 Å². The average molecular weight is 330 g/mol. The summed E-state index contributed by atoms with van der Waals surface area (Å²) in [6.45, 7) is 3.80. The molecule has 5 heteroatoms. The number of carbonyl (C=O) groups excluding carboxylic acids is 1. The Kier molecular flexibility index (Phi) is 6.62. The number of pyridine rings is 1. The standard InChI is InChI=1S/C18H22N2O2S/c1-3-14-7-9-15(10-8-14)16(12-21)20-18(22)13(2)23-17-6-4-5-11-19-17/h4-11,13,16,21H,3,12H2,1-2H3,(H,20,22). The monoisotopic (exact) mass is 330 g/mol. The number of benzene rings is 1. The molecule has 1 aromatic heterocycles. The molecule has 1 aromatic carbocycles. The maximum Gasteiger partial charge on any atom is 0.233 e. The highest BCUT2D eigenvalue weighted by Crippen LogP contribution is 2.22. The molecule has 122 valence electrons. The van der Waals surface area contributed by atoms with Gasteiger partial charge < -0.3 is 10.4 Å². The Hall–Kier alpha value is -1.85. The molecule has 0 aliphatic heterocycles. The molecule has 2 atom stereocenters. The number of aliphatic hydroxyl groups is 1. The molecule has 0 bridgehead atoms. The zero-order valence-corrected chi connectivity index (χ0v) is 14.2. The van der Waals surface area contributed by atoms with Crippen LogP contribution in [0.5, 0.6) is 0 Å². The fourth-order valence-corrected chi connectivity index (χ4v) is 2.98. The molecule has 1 heterocycles. The third-order valence-electron chi connectivity index (χ3n) is 3.59. The van der Waals surface area contributed by atoms with Gasteiger partial charge in [0.05, 0.1) is 22.9 Å². The number of nitrogens with one attached hydrogen (secondary N) is 1. The summed E-state index contributed by atoms with van der Waals surface area (Å²) < 4.78 is 0. The highest BCUT2D eigenvalue weighted by molar-refractivity contribution is 8.00. The van der Waals surface area contributed by atoms with Gasteiger partial charge in [-0.05, 0) is 36.6 Å². The van der Waals surface area contributed by atoms with Crippen molar-refractivity contribution in [2.24, 2.45) is 0 Å². The first-order valence-corrected chi connectivity index (χ1v) is 8.59. The van der Waals surface area contributed by atoms with Crippen LogP contribution in [0.1, 0.15) is 31.0 Å². The molecule has 0 aliphatic carbocycles. The topological polar surface area (TPSA) is 62.2 Å². The lowest BCUT2D eigenvalue weighted by Gasteiger charge is -2.19. The summed E-state index contributed by atoms with van der Waals surface area (Å²) in [5, 5.41) is 13.0. The molecule has 23 heavy (non-hydrogen) atoms. The summed E-state index contributed by atoms with van der Waals surface area (Å²) in [7, 11) is 0. The molecular weight excluding hydrogens is 308 g/mol. The predicted molar refractivity (Wildman–Crippen MR) is 93.3 cm³/mol. The molecule has 2 unspecified atom stereocenters. The number of hydrogen-bond donors (Lipinski definition) is 2. The van der Waals surface area contributed by atoms with Crippen LogP contribution in [-0.2, 0) is 11.2 Å². The normalized spacial score (nSPS) is 13.3. The van der Waals surface area contributed by atoms with Crippen molar-refractivity contribution in [3.05, 3.63) is 59.8 Å². The quantitative estimate of drug-likeness (QED) is 0.766. The third kappa shape index (κ3) is 5.08. The van der Waals surface area contributed by atoms with Gasteiger partial charge in [-0.25, -0.2) is 4.98 Å². The Morgan fingerprint density at radius 2 is 2.00 bits per heavy atom. The maximum absolute atomic E-state index is 12.3. The second kappa shape index (κ2) is 8.70.